The number of carbonyl (C=O) groups is 1. The first-order valence-electron chi connectivity index (χ1n) is 6.84. The molecule has 1 aliphatic rings. The quantitative estimate of drug-likeness (QED) is 0.778. The molecular formula is C17H18N2O. The van der Waals surface area contributed by atoms with E-state index in [1.165, 1.54) is 5.69 Å². The number of aldehydes is 1. The molecule has 0 amide bonds. The molecule has 0 aliphatic carbocycles. The molecule has 0 saturated carbocycles. The lowest BCUT2D eigenvalue weighted by atomic mass is 10.1. The Morgan fingerprint density at radius 3 is 2.50 bits per heavy atom. The van der Waals surface area contributed by atoms with Crippen molar-refractivity contribution in [1.82, 2.24) is 0 Å². The fourth-order valence-electron chi connectivity index (χ4n) is 2.77. The summed E-state index contributed by atoms with van der Waals surface area (Å²) in [4.78, 5) is 15.8. The SMILES string of the molecule is Cc1ccc(N2CCN(C)c3ccccc32)c(C=O)c1. The lowest BCUT2D eigenvalue weighted by Gasteiger charge is -2.37. The number of benzene rings is 2. The fraction of sp³-hybridized carbons (Fsp3) is 0.235. The number of hydrogen-bond acceptors (Lipinski definition) is 3. The summed E-state index contributed by atoms with van der Waals surface area (Å²) in [6, 6.07) is 14.4. The third-order valence-electron chi connectivity index (χ3n) is 3.84. The highest BCUT2D eigenvalue weighted by Gasteiger charge is 2.22. The second-order valence-corrected chi connectivity index (χ2v) is 5.24. The predicted octanol–water partition coefficient (Wildman–Crippen LogP) is 3.40. The Balaban J connectivity index is 2.12. The van der Waals surface area contributed by atoms with E-state index >= 15 is 0 Å². The van der Waals surface area contributed by atoms with Crippen molar-refractivity contribution in [3.8, 4) is 0 Å². The number of carbonyl (C=O) groups excluding carboxylic acids is 1. The Kier molecular flexibility index (Phi) is 3.18. The van der Waals surface area contributed by atoms with Crippen LogP contribution < -0.4 is 9.80 Å². The van der Waals surface area contributed by atoms with Crippen molar-refractivity contribution in [2.75, 3.05) is 29.9 Å². The minimum absolute atomic E-state index is 0.754. The molecule has 2 aromatic carbocycles. The molecule has 0 aromatic heterocycles. The van der Waals surface area contributed by atoms with Crippen LogP contribution >= 0.6 is 0 Å². The van der Waals surface area contributed by atoms with Gasteiger partial charge in [-0.3, -0.25) is 4.79 Å². The summed E-state index contributed by atoms with van der Waals surface area (Å²) < 4.78 is 0. The maximum absolute atomic E-state index is 11.4. The van der Waals surface area contributed by atoms with E-state index in [-0.39, 0.29) is 0 Å². The summed E-state index contributed by atoms with van der Waals surface area (Å²) in [5, 5.41) is 0. The van der Waals surface area contributed by atoms with E-state index in [9.17, 15) is 4.79 Å². The van der Waals surface area contributed by atoms with Crippen LogP contribution in [0.5, 0.6) is 0 Å². The zero-order valence-corrected chi connectivity index (χ0v) is 11.8. The minimum Gasteiger partial charge on any atom is -0.371 e. The number of rotatable bonds is 2. The van der Waals surface area contributed by atoms with Crippen LogP contribution in [0, 0.1) is 6.92 Å². The summed E-state index contributed by atoms with van der Waals surface area (Å²) in [6.45, 7) is 3.84. The molecule has 0 spiro atoms. The average Bonchev–Trinajstić information content (AvgIpc) is 2.48. The molecule has 0 N–H and O–H groups in total. The van der Waals surface area contributed by atoms with Gasteiger partial charge in [-0.05, 0) is 31.2 Å². The van der Waals surface area contributed by atoms with E-state index in [2.05, 4.69) is 41.1 Å². The third-order valence-corrected chi connectivity index (χ3v) is 3.84. The van der Waals surface area contributed by atoms with Crippen LogP contribution in [0.2, 0.25) is 0 Å². The van der Waals surface area contributed by atoms with Crippen molar-refractivity contribution in [2.45, 2.75) is 6.92 Å². The van der Waals surface area contributed by atoms with Gasteiger partial charge in [0.15, 0.2) is 6.29 Å². The molecule has 3 heteroatoms. The maximum atomic E-state index is 11.4. The zero-order chi connectivity index (χ0) is 14.1. The van der Waals surface area contributed by atoms with Gasteiger partial charge in [-0.15, -0.1) is 0 Å². The average molecular weight is 266 g/mol. The number of fused-ring (bicyclic) bond motifs is 1. The zero-order valence-electron chi connectivity index (χ0n) is 11.8. The van der Waals surface area contributed by atoms with Gasteiger partial charge in [0.05, 0.1) is 17.1 Å². The molecule has 2 aromatic rings. The number of anilines is 3. The molecule has 0 fully saturated rings. The summed E-state index contributed by atoms with van der Waals surface area (Å²) in [7, 11) is 2.10. The first-order valence-corrected chi connectivity index (χ1v) is 6.84. The molecule has 0 atom stereocenters. The largest absolute Gasteiger partial charge is 0.371 e. The van der Waals surface area contributed by atoms with Gasteiger partial charge in [-0.25, -0.2) is 0 Å². The highest BCUT2D eigenvalue weighted by atomic mass is 16.1. The standard InChI is InChI=1S/C17H18N2O/c1-13-7-8-15(14(11-13)12-20)19-10-9-18(2)16-5-3-4-6-17(16)19/h3-8,11-12H,9-10H2,1-2H3. The van der Waals surface area contributed by atoms with Gasteiger partial charge >= 0.3 is 0 Å². The fourth-order valence-corrected chi connectivity index (χ4v) is 2.77. The Morgan fingerprint density at radius 2 is 1.75 bits per heavy atom. The van der Waals surface area contributed by atoms with Crippen LogP contribution in [0.25, 0.3) is 0 Å². The van der Waals surface area contributed by atoms with Gasteiger partial charge in [0.1, 0.15) is 0 Å². The smallest absolute Gasteiger partial charge is 0.152 e. The number of likely N-dealkylation sites (N-methyl/N-ethyl adjacent to an activating group) is 1. The van der Waals surface area contributed by atoms with Crippen LogP contribution in [0.4, 0.5) is 17.1 Å². The molecule has 0 bridgehead atoms. The van der Waals surface area contributed by atoms with Crippen LogP contribution in [0.3, 0.4) is 0 Å². The molecular weight excluding hydrogens is 248 g/mol. The second-order valence-electron chi connectivity index (χ2n) is 5.24. The Bertz CT molecular complexity index is 651. The summed E-state index contributed by atoms with van der Waals surface area (Å²) in [5.74, 6) is 0. The van der Waals surface area contributed by atoms with Crippen molar-refractivity contribution >= 4 is 23.3 Å². The van der Waals surface area contributed by atoms with Gasteiger partial charge in [0.25, 0.3) is 0 Å². The van der Waals surface area contributed by atoms with Crippen LogP contribution in [-0.4, -0.2) is 26.4 Å². The van der Waals surface area contributed by atoms with Gasteiger partial charge in [0.2, 0.25) is 0 Å². The Labute approximate surface area is 119 Å². The molecule has 0 saturated heterocycles. The van der Waals surface area contributed by atoms with Gasteiger partial charge in [-0.2, -0.15) is 0 Å². The lowest BCUT2D eigenvalue weighted by molar-refractivity contribution is 0.112. The summed E-state index contributed by atoms with van der Waals surface area (Å²) in [5.41, 5.74) is 5.22. The van der Waals surface area contributed by atoms with E-state index < -0.39 is 0 Å². The molecule has 0 radical (unpaired) electrons. The van der Waals surface area contributed by atoms with E-state index in [0.29, 0.717) is 0 Å². The van der Waals surface area contributed by atoms with E-state index in [4.69, 9.17) is 0 Å². The topological polar surface area (TPSA) is 23.6 Å². The van der Waals surface area contributed by atoms with Crippen molar-refractivity contribution in [3.63, 3.8) is 0 Å². The first-order chi connectivity index (χ1) is 9.70. The lowest BCUT2D eigenvalue weighted by Crippen LogP contribution is -2.36. The normalized spacial score (nSPS) is 14.1. The van der Waals surface area contributed by atoms with Crippen LogP contribution in [0.1, 0.15) is 15.9 Å². The van der Waals surface area contributed by atoms with Crippen LogP contribution in [-0.2, 0) is 0 Å². The van der Waals surface area contributed by atoms with Crippen molar-refractivity contribution < 1.29 is 4.79 Å². The van der Waals surface area contributed by atoms with Gasteiger partial charge in [0, 0.05) is 25.7 Å². The summed E-state index contributed by atoms with van der Waals surface area (Å²) >= 11 is 0. The molecule has 0 unspecified atom stereocenters. The highest BCUT2D eigenvalue weighted by molar-refractivity contribution is 5.90. The third kappa shape index (κ3) is 2.05. The number of nitrogens with zero attached hydrogens (tertiary/aromatic N) is 2. The Morgan fingerprint density at radius 1 is 1.00 bits per heavy atom. The minimum atomic E-state index is 0.754. The van der Waals surface area contributed by atoms with E-state index in [0.717, 1.165) is 41.9 Å². The molecule has 1 heterocycles. The molecule has 1 aliphatic heterocycles. The van der Waals surface area contributed by atoms with Gasteiger partial charge < -0.3 is 9.80 Å². The molecule has 3 nitrogen and oxygen atoms in total. The van der Waals surface area contributed by atoms with Gasteiger partial charge in [-0.1, -0.05) is 23.8 Å². The van der Waals surface area contributed by atoms with E-state index in [1.54, 1.807) is 0 Å². The second kappa shape index (κ2) is 5.00. The highest BCUT2D eigenvalue weighted by Crippen LogP contribution is 2.37. The predicted molar refractivity (Wildman–Crippen MR) is 83.3 cm³/mol. The van der Waals surface area contributed by atoms with Crippen molar-refractivity contribution in [2.24, 2.45) is 0 Å². The Hall–Kier alpha value is -2.29. The van der Waals surface area contributed by atoms with Crippen molar-refractivity contribution in [3.05, 3.63) is 53.6 Å². The molecule has 20 heavy (non-hydrogen) atoms. The first kappa shape index (κ1) is 12.7. The van der Waals surface area contributed by atoms with Crippen LogP contribution in [0.15, 0.2) is 42.5 Å². The number of para-hydroxylation sites is 2. The monoisotopic (exact) mass is 266 g/mol. The van der Waals surface area contributed by atoms with E-state index in [1.807, 2.05) is 25.1 Å². The number of hydrogen-bond donors (Lipinski definition) is 0. The molecule has 3 rings (SSSR count). The molecule has 102 valence electrons. The number of aryl methyl sites for hydroxylation is 1. The van der Waals surface area contributed by atoms with Crippen molar-refractivity contribution in [1.29, 1.82) is 0 Å². The summed E-state index contributed by atoms with van der Waals surface area (Å²) in [6.07, 6.45) is 0.948. The maximum Gasteiger partial charge on any atom is 0.152 e.